The molecular formula is C12H21N3O4. The first-order valence-corrected chi connectivity index (χ1v) is 6.29. The standard InChI is InChI=1S/C12H21N3O4/c1-11(2,7-8(13)16)14-10(19)15-12(9(17)18)5-3-4-6-12/h3-7H2,1-2H3,(H2,13,16)(H,17,18)(H2,14,15,19). The molecule has 0 saturated heterocycles. The molecule has 1 saturated carbocycles. The molecule has 0 aromatic carbocycles. The molecule has 0 radical (unpaired) electrons. The van der Waals surface area contributed by atoms with Crippen molar-refractivity contribution < 1.29 is 19.5 Å². The molecule has 7 nitrogen and oxygen atoms in total. The summed E-state index contributed by atoms with van der Waals surface area (Å²) < 4.78 is 0. The van der Waals surface area contributed by atoms with Crippen molar-refractivity contribution in [1.82, 2.24) is 10.6 Å². The van der Waals surface area contributed by atoms with Gasteiger partial charge in [-0.2, -0.15) is 0 Å². The number of aliphatic carboxylic acids is 1. The topological polar surface area (TPSA) is 122 Å². The van der Waals surface area contributed by atoms with Gasteiger partial charge in [-0.1, -0.05) is 12.8 Å². The fourth-order valence-electron chi connectivity index (χ4n) is 2.41. The molecule has 0 bridgehead atoms. The van der Waals surface area contributed by atoms with Crippen LogP contribution in [-0.4, -0.2) is 34.1 Å². The molecule has 1 fully saturated rings. The number of primary amides is 1. The van der Waals surface area contributed by atoms with E-state index in [0.717, 1.165) is 12.8 Å². The Kier molecular flexibility index (Phi) is 4.39. The third-order valence-corrected chi connectivity index (χ3v) is 3.29. The van der Waals surface area contributed by atoms with Crippen molar-refractivity contribution >= 4 is 17.9 Å². The average molecular weight is 271 g/mol. The first kappa shape index (κ1) is 15.3. The fraction of sp³-hybridized carbons (Fsp3) is 0.750. The molecule has 0 heterocycles. The Hall–Kier alpha value is -1.79. The highest BCUT2D eigenvalue weighted by molar-refractivity contribution is 5.87. The zero-order valence-corrected chi connectivity index (χ0v) is 11.3. The van der Waals surface area contributed by atoms with Crippen LogP contribution in [0.3, 0.4) is 0 Å². The van der Waals surface area contributed by atoms with Crippen molar-refractivity contribution in [3.8, 4) is 0 Å². The molecular weight excluding hydrogens is 250 g/mol. The second-order valence-corrected chi connectivity index (χ2v) is 5.70. The zero-order valence-electron chi connectivity index (χ0n) is 11.3. The monoisotopic (exact) mass is 271 g/mol. The first-order chi connectivity index (χ1) is 8.67. The quantitative estimate of drug-likeness (QED) is 0.575. The number of nitrogens with one attached hydrogen (secondary N) is 2. The van der Waals surface area contributed by atoms with Gasteiger partial charge in [0.2, 0.25) is 5.91 Å². The molecule has 0 spiro atoms. The van der Waals surface area contributed by atoms with Crippen LogP contribution in [0.15, 0.2) is 0 Å². The lowest BCUT2D eigenvalue weighted by Crippen LogP contribution is -2.59. The highest BCUT2D eigenvalue weighted by atomic mass is 16.4. The van der Waals surface area contributed by atoms with Crippen molar-refractivity contribution in [3.05, 3.63) is 0 Å². The molecule has 19 heavy (non-hydrogen) atoms. The van der Waals surface area contributed by atoms with Crippen molar-refractivity contribution in [2.24, 2.45) is 5.73 Å². The molecule has 1 rings (SSSR count). The Labute approximate surface area is 111 Å². The minimum Gasteiger partial charge on any atom is -0.480 e. The van der Waals surface area contributed by atoms with Crippen LogP contribution in [0.4, 0.5) is 4.79 Å². The van der Waals surface area contributed by atoms with E-state index in [1.165, 1.54) is 0 Å². The smallest absolute Gasteiger partial charge is 0.329 e. The molecule has 1 aliphatic rings. The Morgan fingerprint density at radius 2 is 1.79 bits per heavy atom. The number of carbonyl (C=O) groups is 3. The predicted molar refractivity (Wildman–Crippen MR) is 68.4 cm³/mol. The van der Waals surface area contributed by atoms with E-state index in [9.17, 15) is 19.5 Å². The minimum atomic E-state index is -1.19. The SMILES string of the molecule is CC(C)(CC(N)=O)NC(=O)NC1(C(=O)O)CCCC1. The zero-order chi connectivity index (χ0) is 14.7. The van der Waals surface area contributed by atoms with Crippen LogP contribution >= 0.6 is 0 Å². The summed E-state index contributed by atoms with van der Waals surface area (Å²) in [6.07, 6.45) is 2.38. The molecule has 0 unspecified atom stereocenters. The summed E-state index contributed by atoms with van der Waals surface area (Å²) in [6.45, 7) is 3.30. The minimum absolute atomic E-state index is 0.0134. The largest absolute Gasteiger partial charge is 0.480 e. The van der Waals surface area contributed by atoms with Crippen LogP contribution in [0, 0.1) is 0 Å². The number of carboxylic acid groups (broad SMARTS) is 1. The van der Waals surface area contributed by atoms with Crippen LogP contribution in [0.1, 0.15) is 46.0 Å². The van der Waals surface area contributed by atoms with Crippen LogP contribution in [0.25, 0.3) is 0 Å². The molecule has 3 amide bonds. The normalized spacial score (nSPS) is 17.8. The summed E-state index contributed by atoms with van der Waals surface area (Å²) in [5.74, 6) is -1.55. The molecule has 5 N–H and O–H groups in total. The van der Waals surface area contributed by atoms with Gasteiger partial charge in [0.1, 0.15) is 5.54 Å². The van der Waals surface area contributed by atoms with Crippen LogP contribution in [-0.2, 0) is 9.59 Å². The summed E-state index contributed by atoms with van der Waals surface area (Å²) in [6, 6.07) is -0.587. The highest BCUT2D eigenvalue weighted by Gasteiger charge is 2.43. The Morgan fingerprint density at radius 1 is 1.26 bits per heavy atom. The second kappa shape index (κ2) is 5.46. The third-order valence-electron chi connectivity index (χ3n) is 3.29. The molecule has 0 atom stereocenters. The van der Waals surface area contributed by atoms with E-state index in [0.29, 0.717) is 12.8 Å². The van der Waals surface area contributed by atoms with Gasteiger partial charge in [0, 0.05) is 12.0 Å². The van der Waals surface area contributed by atoms with Crippen molar-refractivity contribution in [1.29, 1.82) is 0 Å². The van der Waals surface area contributed by atoms with Crippen LogP contribution < -0.4 is 16.4 Å². The van der Waals surface area contributed by atoms with E-state index in [2.05, 4.69) is 10.6 Å². The lowest BCUT2D eigenvalue weighted by atomic mass is 9.97. The van der Waals surface area contributed by atoms with Gasteiger partial charge in [-0.25, -0.2) is 9.59 Å². The Balaban J connectivity index is 2.64. The molecule has 7 heteroatoms. The van der Waals surface area contributed by atoms with E-state index in [1.807, 2.05) is 0 Å². The number of nitrogens with two attached hydrogens (primary N) is 1. The number of carbonyl (C=O) groups excluding carboxylic acids is 2. The third kappa shape index (κ3) is 4.11. The number of hydrogen-bond donors (Lipinski definition) is 4. The predicted octanol–water partition coefficient (Wildman–Crippen LogP) is 0.337. The lowest BCUT2D eigenvalue weighted by molar-refractivity contribution is -0.144. The summed E-state index contributed by atoms with van der Waals surface area (Å²) in [5, 5.41) is 14.3. The van der Waals surface area contributed by atoms with Crippen molar-refractivity contribution in [2.45, 2.75) is 57.0 Å². The highest BCUT2D eigenvalue weighted by Crippen LogP contribution is 2.29. The van der Waals surface area contributed by atoms with Crippen LogP contribution in [0.2, 0.25) is 0 Å². The first-order valence-electron chi connectivity index (χ1n) is 6.29. The number of rotatable bonds is 5. The molecule has 0 aromatic rings. The maximum Gasteiger partial charge on any atom is 0.329 e. The molecule has 0 aromatic heterocycles. The van der Waals surface area contributed by atoms with Gasteiger partial charge < -0.3 is 21.5 Å². The van der Waals surface area contributed by atoms with Crippen molar-refractivity contribution in [2.75, 3.05) is 0 Å². The fourth-order valence-corrected chi connectivity index (χ4v) is 2.41. The van der Waals surface area contributed by atoms with Crippen LogP contribution in [0.5, 0.6) is 0 Å². The summed E-state index contributed by atoms with van der Waals surface area (Å²) in [4.78, 5) is 34.0. The van der Waals surface area contributed by atoms with E-state index >= 15 is 0 Å². The van der Waals surface area contributed by atoms with Gasteiger partial charge in [0.15, 0.2) is 0 Å². The van der Waals surface area contributed by atoms with Gasteiger partial charge >= 0.3 is 12.0 Å². The van der Waals surface area contributed by atoms with Gasteiger partial charge in [-0.05, 0) is 26.7 Å². The molecule has 0 aliphatic heterocycles. The van der Waals surface area contributed by atoms with E-state index in [4.69, 9.17) is 5.73 Å². The summed E-state index contributed by atoms with van der Waals surface area (Å²) in [5.41, 5.74) is 3.09. The molecule has 1 aliphatic carbocycles. The van der Waals surface area contributed by atoms with E-state index in [1.54, 1.807) is 13.8 Å². The lowest BCUT2D eigenvalue weighted by Gasteiger charge is -2.30. The Morgan fingerprint density at radius 3 is 2.21 bits per heavy atom. The van der Waals surface area contributed by atoms with Gasteiger partial charge in [0.05, 0.1) is 0 Å². The second-order valence-electron chi connectivity index (χ2n) is 5.70. The number of hydrogen-bond acceptors (Lipinski definition) is 3. The Bertz CT molecular complexity index is 386. The van der Waals surface area contributed by atoms with Gasteiger partial charge in [0.25, 0.3) is 0 Å². The number of amides is 3. The number of urea groups is 1. The van der Waals surface area contributed by atoms with Gasteiger partial charge in [-0.15, -0.1) is 0 Å². The van der Waals surface area contributed by atoms with E-state index in [-0.39, 0.29) is 6.42 Å². The van der Waals surface area contributed by atoms with Gasteiger partial charge in [-0.3, -0.25) is 4.79 Å². The summed E-state index contributed by atoms with van der Waals surface area (Å²) in [7, 11) is 0. The van der Waals surface area contributed by atoms with E-state index < -0.39 is 29.0 Å². The summed E-state index contributed by atoms with van der Waals surface area (Å²) >= 11 is 0. The molecule has 108 valence electrons. The average Bonchev–Trinajstić information content (AvgIpc) is 2.63. The van der Waals surface area contributed by atoms with Crippen molar-refractivity contribution in [3.63, 3.8) is 0 Å². The maximum absolute atomic E-state index is 11.9. The maximum atomic E-state index is 11.9. The number of carboxylic acids is 1.